The molecule has 172 valence electrons. The van der Waals surface area contributed by atoms with Gasteiger partial charge in [0.2, 0.25) is 0 Å². The molecule has 1 fully saturated rings. The monoisotopic (exact) mass is 632 g/mol. The number of amides is 1. The fraction of sp³-hybridized carbons (Fsp3) is 0.783. The molecule has 0 saturated carbocycles. The van der Waals surface area contributed by atoms with Crippen LogP contribution in [0.4, 0.5) is 0 Å². The zero-order valence-corrected chi connectivity index (χ0v) is 24.3. The van der Waals surface area contributed by atoms with Crippen LogP contribution >= 0.6 is 19.8 Å². The minimum atomic E-state index is -1.28. The van der Waals surface area contributed by atoms with Gasteiger partial charge >= 0.3 is 199 Å². The van der Waals surface area contributed by atoms with Crippen LogP contribution in [0.1, 0.15) is 67.7 Å². The van der Waals surface area contributed by atoms with Crippen molar-refractivity contribution >= 4 is 25.7 Å². The van der Waals surface area contributed by atoms with Crippen LogP contribution in [0, 0.1) is 0 Å². The Hall–Kier alpha value is 0.330. The van der Waals surface area contributed by atoms with Crippen molar-refractivity contribution in [2.24, 2.45) is 0 Å². The molecule has 6 heteroatoms. The Morgan fingerprint density at radius 1 is 1.24 bits per heavy atom. The number of carbonyl (C=O) groups is 1. The molecule has 1 atom stereocenters. The predicted molar refractivity (Wildman–Crippen MR) is 132 cm³/mol. The number of nitrogens with zero attached hydrogens (tertiary/aromatic N) is 2. The first kappa shape index (κ1) is 27.4. The third-order valence-corrected chi connectivity index (χ3v) is 14.2. The number of nitrogens with one attached hydrogen (secondary N) is 1. The van der Waals surface area contributed by atoms with E-state index in [1.807, 2.05) is 0 Å². The summed E-state index contributed by atoms with van der Waals surface area (Å²) in [5.74, 6) is 0.187. The van der Waals surface area contributed by atoms with E-state index >= 15 is 0 Å². The van der Waals surface area contributed by atoms with Crippen molar-refractivity contribution in [3.8, 4) is 0 Å². The number of halogens is 2. The molecule has 0 bridgehead atoms. The average Bonchev–Trinajstić information content (AvgIpc) is 3.03. The molecule has 4 nitrogen and oxygen atoms in total. The normalized spacial score (nSPS) is 19.5. The van der Waals surface area contributed by atoms with E-state index in [1.165, 1.54) is 22.0 Å². The summed E-state index contributed by atoms with van der Waals surface area (Å²) in [5, 5.41) is 8.25. The number of allylic oxidation sites excluding steroid dienone is 3. The first-order chi connectivity index (χ1) is 13.6. The standard InChI is InChI=1S/C23H44I2N3O/c1-9-11-12-20(5)21-14-16-27(28(21)18-24-10-2)17-22(29)26-23(6,7)25(8)15-13-19(3)4/h12-13,21H,9-11,14-18H2,1-8H3,(H,26,29)/q-1/b20-12+. The second kappa shape index (κ2) is 13.7. The molecule has 1 unspecified atom stereocenters. The van der Waals surface area contributed by atoms with Crippen LogP contribution in [0.15, 0.2) is 23.3 Å². The Balaban J connectivity index is 2.75. The molecule has 1 N–H and O–H groups in total. The van der Waals surface area contributed by atoms with Crippen LogP contribution in [-0.2, 0) is 4.79 Å². The Kier molecular flexibility index (Phi) is 12.9. The van der Waals surface area contributed by atoms with Crippen molar-refractivity contribution in [3.63, 3.8) is 0 Å². The quantitative estimate of drug-likeness (QED) is 0.155. The number of carbonyl (C=O) groups excluding carboxylic acids is 1. The van der Waals surface area contributed by atoms with Crippen molar-refractivity contribution in [2.75, 3.05) is 31.4 Å². The molecular formula is C23H44I2N3O-. The van der Waals surface area contributed by atoms with E-state index in [9.17, 15) is 4.79 Å². The molecule has 1 saturated heterocycles. The summed E-state index contributed by atoms with van der Waals surface area (Å²) in [6.45, 7) is 17.1. The second-order valence-electron chi connectivity index (χ2n) is 8.49. The summed E-state index contributed by atoms with van der Waals surface area (Å²) in [6.07, 6.45) is 8.24. The van der Waals surface area contributed by atoms with Gasteiger partial charge in [0.1, 0.15) is 0 Å². The van der Waals surface area contributed by atoms with Gasteiger partial charge in [-0.25, -0.2) is 0 Å². The van der Waals surface area contributed by atoms with Crippen molar-refractivity contribution in [1.29, 1.82) is 0 Å². The molecule has 0 aromatic heterocycles. The van der Waals surface area contributed by atoms with Gasteiger partial charge in [-0.1, -0.05) is 0 Å². The van der Waals surface area contributed by atoms with Gasteiger partial charge in [0.05, 0.1) is 0 Å². The maximum absolute atomic E-state index is 12.9. The van der Waals surface area contributed by atoms with Crippen LogP contribution in [0.3, 0.4) is 0 Å². The number of hydrazine groups is 1. The van der Waals surface area contributed by atoms with Crippen LogP contribution in [0.2, 0.25) is 0 Å². The molecule has 1 rings (SSSR count). The van der Waals surface area contributed by atoms with E-state index in [2.05, 4.69) is 80.9 Å². The minimum absolute atomic E-state index is 0.0514. The summed E-state index contributed by atoms with van der Waals surface area (Å²) >= 11 is -1.11. The summed E-state index contributed by atoms with van der Waals surface area (Å²) in [6, 6.07) is 0.487. The van der Waals surface area contributed by atoms with E-state index in [4.69, 9.17) is 0 Å². The summed E-state index contributed by atoms with van der Waals surface area (Å²) < 4.78 is 3.55. The van der Waals surface area contributed by atoms with Crippen molar-refractivity contribution < 1.29 is 26.0 Å². The summed E-state index contributed by atoms with van der Waals surface area (Å²) in [4.78, 5) is 15.3. The molecule has 1 aliphatic rings. The van der Waals surface area contributed by atoms with Gasteiger partial charge in [-0.3, -0.25) is 0 Å². The van der Waals surface area contributed by atoms with Gasteiger partial charge in [0.15, 0.2) is 0 Å². The van der Waals surface area contributed by atoms with Crippen LogP contribution < -0.4 is 26.5 Å². The van der Waals surface area contributed by atoms with Crippen molar-refractivity contribution in [1.82, 2.24) is 15.3 Å². The Labute approximate surface area is 197 Å². The van der Waals surface area contributed by atoms with Gasteiger partial charge in [-0.15, -0.1) is 0 Å². The number of hydrogen-bond donors (Lipinski definition) is 1. The van der Waals surface area contributed by atoms with Crippen molar-refractivity contribution in [2.45, 2.75) is 77.3 Å². The molecule has 0 spiro atoms. The van der Waals surface area contributed by atoms with Gasteiger partial charge in [-0.05, 0) is 0 Å². The van der Waals surface area contributed by atoms with Crippen LogP contribution in [-0.4, -0.2) is 56.9 Å². The Morgan fingerprint density at radius 3 is 2.52 bits per heavy atom. The molecule has 1 aliphatic heterocycles. The van der Waals surface area contributed by atoms with Gasteiger partial charge < -0.3 is 0 Å². The summed E-state index contributed by atoms with van der Waals surface area (Å²) in [5.41, 5.74) is 2.86. The molecular weight excluding hydrogens is 588 g/mol. The molecule has 0 aliphatic carbocycles. The average molecular weight is 632 g/mol. The molecule has 1 amide bonds. The third-order valence-electron chi connectivity index (χ3n) is 5.35. The fourth-order valence-electron chi connectivity index (χ4n) is 3.30. The van der Waals surface area contributed by atoms with Gasteiger partial charge in [0.25, 0.3) is 0 Å². The molecule has 0 radical (unpaired) electrons. The zero-order chi connectivity index (χ0) is 22.0. The Morgan fingerprint density at radius 2 is 1.93 bits per heavy atom. The van der Waals surface area contributed by atoms with E-state index in [0.717, 1.165) is 28.4 Å². The molecule has 0 aromatic rings. The molecule has 1 heterocycles. The topological polar surface area (TPSA) is 35.6 Å². The van der Waals surface area contributed by atoms with Crippen LogP contribution in [0.5, 0.6) is 0 Å². The predicted octanol–water partition coefficient (Wildman–Crippen LogP) is 2.05. The third kappa shape index (κ3) is 9.56. The van der Waals surface area contributed by atoms with Gasteiger partial charge in [0, 0.05) is 0 Å². The van der Waals surface area contributed by atoms with E-state index in [-0.39, 0.29) is 30.7 Å². The number of rotatable bonds is 12. The second-order valence-corrected chi connectivity index (χ2v) is 18.7. The van der Waals surface area contributed by atoms with E-state index in [1.54, 1.807) is 0 Å². The first-order valence-corrected chi connectivity index (χ1v) is 18.7. The number of alkyl halides is 5. The fourth-order valence-corrected chi connectivity index (χ4v) is 8.58. The van der Waals surface area contributed by atoms with Gasteiger partial charge in [-0.2, -0.15) is 0 Å². The molecule has 0 aromatic carbocycles. The Bertz CT molecular complexity index is 570. The SMILES string of the molecule is CCC/C=C(\C)C1CCN(CC(=O)NC(C)(C)I(C)CC=C(C)C)N1C[I-]CC. The molecule has 29 heavy (non-hydrogen) atoms. The van der Waals surface area contributed by atoms with E-state index in [0.29, 0.717) is 12.6 Å². The first-order valence-electron chi connectivity index (χ1n) is 10.8. The zero-order valence-electron chi connectivity index (χ0n) is 19.9. The summed E-state index contributed by atoms with van der Waals surface area (Å²) in [7, 11) is 0. The van der Waals surface area contributed by atoms with E-state index < -0.39 is 19.8 Å². The number of unbranched alkanes of at least 4 members (excludes halogenated alkanes) is 1. The maximum atomic E-state index is 12.9. The number of hydrogen-bond acceptors (Lipinski definition) is 3. The van der Waals surface area contributed by atoms with Crippen LogP contribution in [0.25, 0.3) is 0 Å². The van der Waals surface area contributed by atoms with Crippen molar-refractivity contribution in [3.05, 3.63) is 23.3 Å².